The van der Waals surface area contributed by atoms with Gasteiger partial charge in [0.2, 0.25) is 0 Å². The number of aryl methyl sites for hydroxylation is 1. The van der Waals surface area contributed by atoms with Crippen LogP contribution in [0, 0.1) is 17.0 Å². The maximum absolute atomic E-state index is 10.7. The van der Waals surface area contributed by atoms with Gasteiger partial charge in [0.15, 0.2) is 0 Å². The van der Waals surface area contributed by atoms with Gasteiger partial charge >= 0.3 is 0 Å². The number of rotatable bonds is 2. The van der Waals surface area contributed by atoms with Gasteiger partial charge in [0.1, 0.15) is 6.33 Å². The van der Waals surface area contributed by atoms with Crippen LogP contribution in [0.5, 0.6) is 0 Å². The van der Waals surface area contributed by atoms with Crippen molar-refractivity contribution < 1.29 is 4.92 Å². The second kappa shape index (κ2) is 4.20. The number of hydrogen-bond donors (Lipinski definition) is 0. The summed E-state index contributed by atoms with van der Waals surface area (Å²) in [6.07, 6.45) is 1.68. The molecule has 5 nitrogen and oxygen atoms in total. The summed E-state index contributed by atoms with van der Waals surface area (Å²) in [5.74, 6) is 0. The van der Waals surface area contributed by atoms with E-state index in [0.29, 0.717) is 5.52 Å². The normalized spacial score (nSPS) is 10.8. The fraction of sp³-hybridized carbons (Fsp3) is 0.0714. The zero-order valence-corrected chi connectivity index (χ0v) is 10.3. The summed E-state index contributed by atoms with van der Waals surface area (Å²) in [6.45, 7) is 2.03. The summed E-state index contributed by atoms with van der Waals surface area (Å²) in [5.41, 5.74) is 3.71. The number of non-ortho nitro benzene ring substituents is 1. The second-order valence-electron chi connectivity index (χ2n) is 4.38. The molecule has 0 aliphatic carbocycles. The molecule has 0 aliphatic rings. The van der Waals surface area contributed by atoms with Gasteiger partial charge in [0.05, 0.1) is 16.0 Å². The molecule has 19 heavy (non-hydrogen) atoms. The van der Waals surface area contributed by atoms with E-state index in [9.17, 15) is 10.1 Å². The third kappa shape index (κ3) is 1.95. The molecule has 0 atom stereocenters. The topological polar surface area (TPSA) is 61.0 Å². The van der Waals surface area contributed by atoms with Crippen LogP contribution in [0.3, 0.4) is 0 Å². The van der Waals surface area contributed by atoms with Gasteiger partial charge in [-0.05, 0) is 25.1 Å². The maximum Gasteiger partial charge on any atom is 0.271 e. The first-order valence-corrected chi connectivity index (χ1v) is 5.84. The average molecular weight is 253 g/mol. The molecule has 2 aromatic carbocycles. The fourth-order valence-electron chi connectivity index (χ4n) is 2.03. The van der Waals surface area contributed by atoms with E-state index in [1.807, 2.05) is 35.8 Å². The molecule has 5 heteroatoms. The smallest absolute Gasteiger partial charge is 0.271 e. The number of nitro groups is 1. The van der Waals surface area contributed by atoms with Gasteiger partial charge in [-0.15, -0.1) is 0 Å². The van der Waals surface area contributed by atoms with Crippen molar-refractivity contribution in [1.29, 1.82) is 0 Å². The molecule has 0 aliphatic heterocycles. The van der Waals surface area contributed by atoms with Gasteiger partial charge in [-0.1, -0.05) is 17.7 Å². The predicted octanol–water partition coefficient (Wildman–Crippen LogP) is 3.24. The molecule has 1 aromatic heterocycles. The minimum absolute atomic E-state index is 0.0571. The number of hydrogen-bond acceptors (Lipinski definition) is 3. The molecule has 1 heterocycles. The lowest BCUT2D eigenvalue weighted by Gasteiger charge is -2.04. The van der Waals surface area contributed by atoms with Crippen molar-refractivity contribution in [1.82, 2.24) is 9.55 Å². The second-order valence-corrected chi connectivity index (χ2v) is 4.38. The van der Waals surface area contributed by atoms with E-state index >= 15 is 0 Å². The Hall–Kier alpha value is -2.69. The van der Waals surface area contributed by atoms with Gasteiger partial charge in [0.25, 0.3) is 5.69 Å². The SMILES string of the molecule is Cc1ccc(-n2cnc3cc([N+](=O)[O-])ccc32)cc1. The maximum atomic E-state index is 10.7. The van der Waals surface area contributed by atoms with Crippen molar-refractivity contribution in [3.05, 3.63) is 64.5 Å². The van der Waals surface area contributed by atoms with E-state index in [1.54, 1.807) is 12.4 Å². The third-order valence-electron chi connectivity index (χ3n) is 3.05. The molecular weight excluding hydrogens is 242 g/mol. The Morgan fingerprint density at radius 3 is 2.58 bits per heavy atom. The molecule has 0 bridgehead atoms. The lowest BCUT2D eigenvalue weighted by molar-refractivity contribution is -0.384. The molecule has 0 amide bonds. The summed E-state index contributed by atoms with van der Waals surface area (Å²) >= 11 is 0. The van der Waals surface area contributed by atoms with Crippen molar-refractivity contribution in [2.75, 3.05) is 0 Å². The summed E-state index contributed by atoms with van der Waals surface area (Å²) in [6, 6.07) is 12.7. The molecule has 0 radical (unpaired) electrons. The van der Waals surface area contributed by atoms with Crippen LogP contribution < -0.4 is 0 Å². The minimum atomic E-state index is -0.412. The van der Waals surface area contributed by atoms with Crippen LogP contribution in [0.1, 0.15) is 5.56 Å². The molecule has 0 N–H and O–H groups in total. The van der Waals surface area contributed by atoms with E-state index in [-0.39, 0.29) is 5.69 Å². The first-order chi connectivity index (χ1) is 9.15. The van der Waals surface area contributed by atoms with Crippen molar-refractivity contribution in [2.24, 2.45) is 0 Å². The summed E-state index contributed by atoms with van der Waals surface area (Å²) in [4.78, 5) is 14.5. The molecule has 0 saturated carbocycles. The zero-order chi connectivity index (χ0) is 13.4. The molecule has 0 saturated heterocycles. The van der Waals surface area contributed by atoms with Crippen LogP contribution >= 0.6 is 0 Å². The molecule has 0 fully saturated rings. The van der Waals surface area contributed by atoms with Crippen LogP contribution in [-0.2, 0) is 0 Å². The average Bonchev–Trinajstić information content (AvgIpc) is 2.82. The van der Waals surface area contributed by atoms with E-state index in [2.05, 4.69) is 4.98 Å². The van der Waals surface area contributed by atoms with Crippen LogP contribution in [0.15, 0.2) is 48.8 Å². The minimum Gasteiger partial charge on any atom is -0.299 e. The summed E-state index contributed by atoms with van der Waals surface area (Å²) in [5, 5.41) is 10.7. The van der Waals surface area contributed by atoms with Gasteiger partial charge in [-0.25, -0.2) is 4.98 Å². The van der Waals surface area contributed by atoms with E-state index in [0.717, 1.165) is 11.2 Å². The number of imidazole rings is 1. The monoisotopic (exact) mass is 253 g/mol. The molecular formula is C14H11N3O2. The predicted molar refractivity (Wildman–Crippen MR) is 72.5 cm³/mol. The van der Waals surface area contributed by atoms with E-state index < -0.39 is 4.92 Å². The number of aromatic nitrogens is 2. The highest BCUT2D eigenvalue weighted by molar-refractivity contribution is 5.79. The Balaban J connectivity index is 2.15. The Kier molecular flexibility index (Phi) is 2.52. The van der Waals surface area contributed by atoms with E-state index in [1.165, 1.54) is 17.7 Å². The standard InChI is InChI=1S/C14H11N3O2/c1-10-2-4-11(5-3-10)16-9-15-13-8-12(17(18)19)6-7-14(13)16/h2-9H,1H3. The van der Waals surface area contributed by atoms with Crippen molar-refractivity contribution >= 4 is 16.7 Å². The lowest BCUT2D eigenvalue weighted by Crippen LogP contribution is -1.92. The summed E-state index contributed by atoms with van der Waals surface area (Å²) < 4.78 is 1.92. The zero-order valence-electron chi connectivity index (χ0n) is 10.3. The Labute approximate surface area is 109 Å². The van der Waals surface area contributed by atoms with Gasteiger partial charge in [-0.3, -0.25) is 14.7 Å². The van der Waals surface area contributed by atoms with E-state index in [4.69, 9.17) is 0 Å². The van der Waals surface area contributed by atoms with Crippen molar-refractivity contribution in [3.63, 3.8) is 0 Å². The van der Waals surface area contributed by atoms with Gasteiger partial charge in [0, 0.05) is 17.8 Å². The lowest BCUT2D eigenvalue weighted by atomic mass is 10.2. The Bertz CT molecular complexity index is 760. The molecule has 0 unspecified atom stereocenters. The van der Waals surface area contributed by atoms with Crippen molar-refractivity contribution in [3.8, 4) is 5.69 Å². The van der Waals surface area contributed by atoms with Gasteiger partial charge in [-0.2, -0.15) is 0 Å². The first-order valence-electron chi connectivity index (χ1n) is 5.84. The first kappa shape index (κ1) is 11.4. The molecule has 0 spiro atoms. The number of nitrogens with zero attached hydrogens (tertiary/aromatic N) is 3. The molecule has 94 valence electrons. The van der Waals surface area contributed by atoms with Gasteiger partial charge < -0.3 is 0 Å². The highest BCUT2D eigenvalue weighted by Crippen LogP contribution is 2.22. The number of fused-ring (bicyclic) bond motifs is 1. The summed E-state index contributed by atoms with van der Waals surface area (Å²) in [7, 11) is 0. The number of benzene rings is 2. The van der Waals surface area contributed by atoms with Crippen LogP contribution in [0.4, 0.5) is 5.69 Å². The number of nitro benzene ring substituents is 1. The van der Waals surface area contributed by atoms with Crippen molar-refractivity contribution in [2.45, 2.75) is 6.92 Å². The largest absolute Gasteiger partial charge is 0.299 e. The van der Waals surface area contributed by atoms with Crippen LogP contribution in [0.2, 0.25) is 0 Å². The highest BCUT2D eigenvalue weighted by atomic mass is 16.6. The Morgan fingerprint density at radius 1 is 1.16 bits per heavy atom. The highest BCUT2D eigenvalue weighted by Gasteiger charge is 2.10. The third-order valence-corrected chi connectivity index (χ3v) is 3.05. The Morgan fingerprint density at radius 2 is 1.89 bits per heavy atom. The van der Waals surface area contributed by atoms with Crippen LogP contribution in [0.25, 0.3) is 16.7 Å². The fourth-order valence-corrected chi connectivity index (χ4v) is 2.03. The molecule has 3 aromatic rings. The quantitative estimate of drug-likeness (QED) is 0.520. The van der Waals surface area contributed by atoms with Crippen LogP contribution in [-0.4, -0.2) is 14.5 Å². The molecule has 3 rings (SSSR count).